The number of aryl methyl sites for hydroxylation is 1. The zero-order chi connectivity index (χ0) is 15.6. The molecule has 0 saturated carbocycles. The lowest BCUT2D eigenvalue weighted by molar-refractivity contribution is -0.120. The molecule has 0 saturated heterocycles. The van der Waals surface area contributed by atoms with Gasteiger partial charge in [0.25, 0.3) is 0 Å². The van der Waals surface area contributed by atoms with E-state index in [1.54, 1.807) is 30.5 Å². The Morgan fingerprint density at radius 1 is 1.27 bits per heavy atom. The van der Waals surface area contributed by atoms with E-state index in [2.05, 4.69) is 5.32 Å². The molecular formula is C16H17NO4S. The molecule has 1 amide bonds. The van der Waals surface area contributed by atoms with Crippen LogP contribution in [-0.4, -0.2) is 20.1 Å². The molecule has 1 N–H and O–H groups in total. The minimum atomic E-state index is -3.14. The summed E-state index contributed by atoms with van der Waals surface area (Å²) in [6.45, 7) is 0.352. The topological polar surface area (TPSA) is 76.4 Å². The lowest BCUT2D eigenvalue weighted by Gasteiger charge is -2.17. The van der Waals surface area contributed by atoms with Crippen LogP contribution in [0.2, 0.25) is 0 Å². The summed E-state index contributed by atoms with van der Waals surface area (Å²) in [5.74, 6) is 0.795. The quantitative estimate of drug-likeness (QED) is 0.933. The van der Waals surface area contributed by atoms with E-state index < -0.39 is 9.84 Å². The number of carbonyl (C=O) groups is 1. The van der Waals surface area contributed by atoms with Crippen molar-refractivity contribution in [2.75, 3.05) is 5.75 Å². The van der Waals surface area contributed by atoms with Gasteiger partial charge in [-0.15, -0.1) is 0 Å². The van der Waals surface area contributed by atoms with Crippen molar-refractivity contribution in [1.29, 1.82) is 0 Å². The summed E-state index contributed by atoms with van der Waals surface area (Å²) >= 11 is 0. The molecule has 116 valence electrons. The van der Waals surface area contributed by atoms with Gasteiger partial charge in [0.2, 0.25) is 5.91 Å². The van der Waals surface area contributed by atoms with Crippen LogP contribution in [0.4, 0.5) is 0 Å². The summed E-state index contributed by atoms with van der Waals surface area (Å²) in [7, 11) is -3.14. The first-order chi connectivity index (χ1) is 10.5. The number of furan rings is 1. The number of sulfone groups is 1. The summed E-state index contributed by atoms with van der Waals surface area (Å²) in [4.78, 5) is 12.3. The van der Waals surface area contributed by atoms with Gasteiger partial charge >= 0.3 is 0 Å². The van der Waals surface area contributed by atoms with Gasteiger partial charge in [0, 0.05) is 0 Å². The maximum atomic E-state index is 12.0. The van der Waals surface area contributed by atoms with Crippen molar-refractivity contribution in [2.45, 2.75) is 30.7 Å². The first-order valence-electron chi connectivity index (χ1n) is 7.18. The Morgan fingerprint density at radius 3 is 2.91 bits per heavy atom. The second-order valence-corrected chi connectivity index (χ2v) is 7.47. The van der Waals surface area contributed by atoms with Crippen LogP contribution in [0.1, 0.15) is 23.3 Å². The molecule has 0 atom stereocenters. The van der Waals surface area contributed by atoms with E-state index in [0.717, 1.165) is 17.5 Å². The highest BCUT2D eigenvalue weighted by Crippen LogP contribution is 2.26. The Kier molecular flexibility index (Phi) is 4.02. The van der Waals surface area contributed by atoms with Crippen LogP contribution in [-0.2, 0) is 34.0 Å². The van der Waals surface area contributed by atoms with Gasteiger partial charge in [-0.25, -0.2) is 8.42 Å². The lowest BCUT2D eigenvalue weighted by atomic mass is 10.0. The third kappa shape index (κ3) is 3.22. The average Bonchev–Trinajstić information content (AvgIpc) is 2.98. The standard InChI is InChI=1S/C16H17NO4S/c18-16(17-11-14-4-1-7-21-14)10-12-5-6-15-13(9-12)3-2-8-22(15,19)20/h1,4-7,9H,2-3,8,10-11H2,(H,17,18). The van der Waals surface area contributed by atoms with E-state index in [4.69, 9.17) is 4.42 Å². The van der Waals surface area contributed by atoms with E-state index >= 15 is 0 Å². The van der Waals surface area contributed by atoms with Crippen molar-refractivity contribution in [3.05, 3.63) is 53.5 Å². The van der Waals surface area contributed by atoms with Gasteiger partial charge in [0.05, 0.1) is 29.9 Å². The molecular weight excluding hydrogens is 302 g/mol. The smallest absolute Gasteiger partial charge is 0.224 e. The second kappa shape index (κ2) is 5.96. The summed E-state index contributed by atoms with van der Waals surface area (Å²) in [6.07, 6.45) is 3.18. The molecule has 0 bridgehead atoms. The summed E-state index contributed by atoms with van der Waals surface area (Å²) < 4.78 is 29.1. The van der Waals surface area contributed by atoms with Gasteiger partial charge in [-0.2, -0.15) is 0 Å². The highest BCUT2D eigenvalue weighted by Gasteiger charge is 2.23. The third-order valence-electron chi connectivity index (χ3n) is 3.72. The maximum Gasteiger partial charge on any atom is 0.224 e. The minimum absolute atomic E-state index is 0.116. The minimum Gasteiger partial charge on any atom is -0.467 e. The molecule has 0 aliphatic carbocycles. The highest BCUT2D eigenvalue weighted by atomic mass is 32.2. The van der Waals surface area contributed by atoms with Gasteiger partial charge in [-0.1, -0.05) is 12.1 Å². The largest absolute Gasteiger partial charge is 0.467 e. The lowest BCUT2D eigenvalue weighted by Crippen LogP contribution is -2.24. The van der Waals surface area contributed by atoms with E-state index in [9.17, 15) is 13.2 Å². The van der Waals surface area contributed by atoms with E-state index in [1.165, 1.54) is 0 Å². The van der Waals surface area contributed by atoms with Crippen molar-refractivity contribution >= 4 is 15.7 Å². The molecule has 2 aromatic rings. The Balaban J connectivity index is 1.67. The molecule has 0 radical (unpaired) electrons. The molecule has 1 aliphatic heterocycles. The van der Waals surface area contributed by atoms with Crippen molar-refractivity contribution in [2.24, 2.45) is 0 Å². The first kappa shape index (κ1) is 14.8. The SMILES string of the molecule is O=C(Cc1ccc2c(c1)CCCS2(=O)=O)NCc1ccco1. The number of hydrogen-bond donors (Lipinski definition) is 1. The van der Waals surface area contributed by atoms with Gasteiger partial charge in [-0.05, 0) is 42.2 Å². The van der Waals surface area contributed by atoms with E-state index in [0.29, 0.717) is 23.6 Å². The van der Waals surface area contributed by atoms with Crippen LogP contribution in [0, 0.1) is 0 Å². The van der Waals surface area contributed by atoms with Crippen molar-refractivity contribution < 1.29 is 17.6 Å². The van der Waals surface area contributed by atoms with Crippen LogP contribution in [0.5, 0.6) is 0 Å². The number of hydrogen-bond acceptors (Lipinski definition) is 4. The average molecular weight is 319 g/mol. The van der Waals surface area contributed by atoms with E-state index in [1.807, 2.05) is 6.07 Å². The monoisotopic (exact) mass is 319 g/mol. The molecule has 0 spiro atoms. The summed E-state index contributed by atoms with van der Waals surface area (Å²) in [5.41, 5.74) is 1.65. The predicted molar refractivity (Wildman–Crippen MR) is 81.1 cm³/mol. The molecule has 0 unspecified atom stereocenters. The van der Waals surface area contributed by atoms with E-state index in [-0.39, 0.29) is 18.1 Å². The summed E-state index contributed by atoms with van der Waals surface area (Å²) in [5, 5.41) is 2.78. The fourth-order valence-corrected chi connectivity index (χ4v) is 4.23. The van der Waals surface area contributed by atoms with Gasteiger partial charge in [0.1, 0.15) is 5.76 Å². The Hall–Kier alpha value is -2.08. The van der Waals surface area contributed by atoms with Crippen molar-refractivity contribution in [3.8, 4) is 0 Å². The zero-order valence-electron chi connectivity index (χ0n) is 12.0. The van der Waals surface area contributed by atoms with Crippen LogP contribution in [0.3, 0.4) is 0 Å². The normalized spacial score (nSPS) is 16.0. The van der Waals surface area contributed by atoms with Crippen LogP contribution < -0.4 is 5.32 Å². The number of amides is 1. The maximum absolute atomic E-state index is 12.0. The predicted octanol–water partition coefficient (Wildman–Crippen LogP) is 1.86. The number of benzene rings is 1. The molecule has 1 aliphatic rings. The zero-order valence-corrected chi connectivity index (χ0v) is 12.9. The highest BCUT2D eigenvalue weighted by molar-refractivity contribution is 7.91. The van der Waals surface area contributed by atoms with Crippen LogP contribution in [0.25, 0.3) is 0 Å². The number of nitrogens with one attached hydrogen (secondary N) is 1. The Labute approximate surface area is 129 Å². The fraction of sp³-hybridized carbons (Fsp3) is 0.312. The molecule has 1 aromatic heterocycles. The fourth-order valence-electron chi connectivity index (χ4n) is 2.65. The third-order valence-corrected chi connectivity index (χ3v) is 5.62. The molecule has 1 aromatic carbocycles. The molecule has 2 heterocycles. The van der Waals surface area contributed by atoms with Crippen molar-refractivity contribution in [1.82, 2.24) is 5.32 Å². The van der Waals surface area contributed by atoms with Crippen LogP contribution in [0.15, 0.2) is 45.9 Å². The first-order valence-corrected chi connectivity index (χ1v) is 8.83. The number of carbonyl (C=O) groups excluding carboxylic acids is 1. The van der Waals surface area contributed by atoms with Gasteiger partial charge in [-0.3, -0.25) is 4.79 Å². The van der Waals surface area contributed by atoms with Crippen LogP contribution >= 0.6 is 0 Å². The van der Waals surface area contributed by atoms with Crippen molar-refractivity contribution in [3.63, 3.8) is 0 Å². The van der Waals surface area contributed by atoms with Gasteiger partial charge in [0.15, 0.2) is 9.84 Å². The number of rotatable bonds is 4. The molecule has 22 heavy (non-hydrogen) atoms. The van der Waals surface area contributed by atoms with Gasteiger partial charge < -0.3 is 9.73 Å². The molecule has 5 nitrogen and oxygen atoms in total. The molecule has 0 fully saturated rings. The summed E-state index contributed by atoms with van der Waals surface area (Å²) in [6, 6.07) is 8.74. The Morgan fingerprint density at radius 2 is 2.14 bits per heavy atom. The number of fused-ring (bicyclic) bond motifs is 1. The Bertz CT molecular complexity index is 778. The second-order valence-electron chi connectivity index (χ2n) is 5.40. The molecule has 3 rings (SSSR count). The molecule has 6 heteroatoms.